The van der Waals surface area contributed by atoms with Crippen molar-refractivity contribution in [1.82, 2.24) is 10.3 Å². The van der Waals surface area contributed by atoms with Crippen LogP contribution in [0.1, 0.15) is 11.3 Å². The van der Waals surface area contributed by atoms with Gasteiger partial charge in [0.15, 0.2) is 14.3 Å². The minimum atomic E-state index is -3.03. The minimum Gasteiger partial charge on any atom is -0.316 e. The Labute approximate surface area is 116 Å². The third-order valence-electron chi connectivity index (χ3n) is 2.54. The molecule has 1 aliphatic rings. The van der Waals surface area contributed by atoms with Crippen LogP contribution in [-0.4, -0.2) is 32.2 Å². The second kappa shape index (κ2) is 6.33. The molecule has 1 N–H and O–H groups in total. The van der Waals surface area contributed by atoms with Gasteiger partial charge >= 0.3 is 0 Å². The molecule has 17 heavy (non-hydrogen) atoms. The second-order valence-electron chi connectivity index (χ2n) is 3.99. The van der Waals surface area contributed by atoms with Crippen LogP contribution in [0.15, 0.2) is 6.20 Å². The number of aromatic nitrogens is 1. The normalized spacial score (nSPS) is 20.2. The molecule has 1 aliphatic heterocycles. The van der Waals surface area contributed by atoms with Gasteiger partial charge in [0.2, 0.25) is 0 Å². The van der Waals surface area contributed by atoms with E-state index in [9.17, 15) is 8.42 Å². The molecule has 1 fully saturated rings. The van der Waals surface area contributed by atoms with Crippen LogP contribution in [0.25, 0.3) is 0 Å². The van der Waals surface area contributed by atoms with E-state index >= 15 is 0 Å². The molecule has 0 bridgehead atoms. The number of hydrogen-bond donors (Lipinski definition) is 1. The van der Waals surface area contributed by atoms with Crippen molar-refractivity contribution in [2.24, 2.45) is 5.92 Å². The van der Waals surface area contributed by atoms with Crippen LogP contribution in [-0.2, 0) is 15.6 Å². The first-order valence-electron chi connectivity index (χ1n) is 5.06. The predicted octanol–water partition coefficient (Wildman–Crippen LogP) is 1.74. The van der Waals surface area contributed by atoms with Crippen molar-refractivity contribution in [2.45, 2.75) is 12.2 Å². The molecule has 2 heterocycles. The molecule has 0 amide bonds. The van der Waals surface area contributed by atoms with Crippen LogP contribution in [0.5, 0.6) is 0 Å². The van der Waals surface area contributed by atoms with Crippen molar-refractivity contribution in [3.8, 4) is 0 Å². The molecule has 1 saturated heterocycles. The SMILES string of the molecule is Cl.O=S(=O)(Cc1cnc(Cl)s1)CC1CCNC1. The van der Waals surface area contributed by atoms with Gasteiger partial charge in [-0.15, -0.1) is 23.7 Å². The number of nitrogens with zero attached hydrogens (tertiary/aromatic N) is 1. The highest BCUT2D eigenvalue weighted by atomic mass is 35.5. The zero-order valence-corrected chi connectivity index (χ0v) is 12.3. The summed E-state index contributed by atoms with van der Waals surface area (Å²) in [6.07, 6.45) is 2.49. The Balaban J connectivity index is 0.00000144. The summed E-state index contributed by atoms with van der Waals surface area (Å²) in [7, 11) is -3.03. The van der Waals surface area contributed by atoms with E-state index in [-0.39, 0.29) is 29.8 Å². The van der Waals surface area contributed by atoms with Crippen LogP contribution in [0, 0.1) is 5.92 Å². The average molecular weight is 317 g/mol. The van der Waals surface area contributed by atoms with Crippen LogP contribution in [0.4, 0.5) is 0 Å². The molecule has 0 aromatic carbocycles. The zero-order chi connectivity index (χ0) is 11.6. The van der Waals surface area contributed by atoms with Crippen molar-refractivity contribution in [3.63, 3.8) is 0 Å². The second-order valence-corrected chi connectivity index (χ2v) is 7.80. The molecule has 1 atom stereocenters. The maximum Gasteiger partial charge on any atom is 0.183 e. The predicted molar refractivity (Wildman–Crippen MR) is 72.8 cm³/mol. The summed E-state index contributed by atoms with van der Waals surface area (Å²) in [6, 6.07) is 0. The van der Waals surface area contributed by atoms with E-state index in [4.69, 9.17) is 11.6 Å². The lowest BCUT2D eigenvalue weighted by molar-refractivity contribution is 0.570. The van der Waals surface area contributed by atoms with E-state index in [1.54, 1.807) is 0 Å². The number of rotatable bonds is 4. The third-order valence-corrected chi connectivity index (χ3v) is 5.57. The Hall–Kier alpha value is 0.120. The number of hydrogen-bond acceptors (Lipinski definition) is 5. The summed E-state index contributed by atoms with van der Waals surface area (Å²) in [5, 5.41) is 3.17. The van der Waals surface area contributed by atoms with Crippen LogP contribution in [0.3, 0.4) is 0 Å². The van der Waals surface area contributed by atoms with E-state index in [1.165, 1.54) is 17.5 Å². The van der Waals surface area contributed by atoms with Gasteiger partial charge in [-0.1, -0.05) is 11.6 Å². The zero-order valence-electron chi connectivity index (χ0n) is 9.06. The standard InChI is InChI=1S/C9H13ClN2O2S2.ClH/c10-9-12-4-8(15-9)6-16(13,14)5-7-1-2-11-3-7;/h4,7,11H,1-3,5-6H2;1H. The fourth-order valence-corrected chi connectivity index (χ4v) is 5.02. The third kappa shape index (κ3) is 4.71. The average Bonchev–Trinajstić information content (AvgIpc) is 2.76. The summed E-state index contributed by atoms with van der Waals surface area (Å²) < 4.78 is 24.1. The van der Waals surface area contributed by atoms with E-state index < -0.39 is 9.84 Å². The number of thiazole rings is 1. The van der Waals surface area contributed by atoms with Crippen molar-refractivity contribution in [2.75, 3.05) is 18.8 Å². The summed E-state index contributed by atoms with van der Waals surface area (Å²) >= 11 is 6.89. The Morgan fingerprint density at radius 1 is 1.59 bits per heavy atom. The highest BCUT2D eigenvalue weighted by molar-refractivity contribution is 7.90. The molecule has 0 aliphatic carbocycles. The number of halogens is 2. The number of sulfone groups is 1. The van der Waals surface area contributed by atoms with Gasteiger partial charge in [0.05, 0.1) is 11.5 Å². The molecule has 4 nitrogen and oxygen atoms in total. The molecule has 8 heteroatoms. The van der Waals surface area contributed by atoms with Gasteiger partial charge < -0.3 is 5.32 Å². The van der Waals surface area contributed by atoms with Crippen molar-refractivity contribution < 1.29 is 8.42 Å². The summed E-state index contributed by atoms with van der Waals surface area (Å²) in [5.74, 6) is 0.581. The van der Waals surface area contributed by atoms with Gasteiger partial charge in [-0.05, 0) is 25.4 Å². The molecular formula is C9H14Cl2N2O2S2. The highest BCUT2D eigenvalue weighted by Crippen LogP contribution is 2.21. The molecule has 0 radical (unpaired) electrons. The smallest absolute Gasteiger partial charge is 0.183 e. The summed E-state index contributed by atoms with van der Waals surface area (Å²) in [4.78, 5) is 4.56. The van der Waals surface area contributed by atoms with Gasteiger partial charge in [-0.25, -0.2) is 13.4 Å². The Kier molecular flexibility index (Phi) is 5.66. The van der Waals surface area contributed by atoms with Crippen molar-refractivity contribution >= 4 is 45.2 Å². The highest BCUT2D eigenvalue weighted by Gasteiger charge is 2.23. The van der Waals surface area contributed by atoms with E-state index in [2.05, 4.69) is 10.3 Å². The number of nitrogens with one attached hydrogen (secondary N) is 1. The Morgan fingerprint density at radius 2 is 2.35 bits per heavy atom. The first-order chi connectivity index (χ1) is 7.55. The van der Waals surface area contributed by atoms with E-state index in [0.717, 1.165) is 24.4 Å². The minimum absolute atomic E-state index is 0. The summed E-state index contributed by atoms with van der Waals surface area (Å²) in [5.41, 5.74) is 0. The molecule has 1 unspecified atom stereocenters. The Bertz CT molecular complexity index is 455. The fraction of sp³-hybridized carbons (Fsp3) is 0.667. The fourth-order valence-electron chi connectivity index (χ4n) is 1.84. The van der Waals surface area contributed by atoms with Crippen LogP contribution >= 0.6 is 35.3 Å². The van der Waals surface area contributed by atoms with Crippen LogP contribution in [0.2, 0.25) is 4.47 Å². The lowest BCUT2D eigenvalue weighted by Crippen LogP contribution is -2.19. The molecule has 1 aromatic heterocycles. The molecule has 0 spiro atoms. The molecule has 1 aromatic rings. The van der Waals surface area contributed by atoms with Gasteiger partial charge in [0, 0.05) is 11.1 Å². The quantitative estimate of drug-likeness (QED) is 0.919. The summed E-state index contributed by atoms with van der Waals surface area (Å²) in [6.45, 7) is 1.73. The van der Waals surface area contributed by atoms with Crippen LogP contribution < -0.4 is 5.32 Å². The van der Waals surface area contributed by atoms with E-state index in [1.807, 2.05) is 0 Å². The molecule has 98 valence electrons. The van der Waals surface area contributed by atoms with Gasteiger partial charge in [0.1, 0.15) is 0 Å². The van der Waals surface area contributed by atoms with Gasteiger partial charge in [-0.2, -0.15) is 0 Å². The Morgan fingerprint density at radius 3 is 2.88 bits per heavy atom. The topological polar surface area (TPSA) is 59.1 Å². The molecule has 0 saturated carbocycles. The monoisotopic (exact) mass is 316 g/mol. The largest absolute Gasteiger partial charge is 0.316 e. The maximum absolute atomic E-state index is 11.9. The lowest BCUT2D eigenvalue weighted by atomic mass is 10.2. The van der Waals surface area contributed by atoms with Crippen molar-refractivity contribution in [1.29, 1.82) is 0 Å². The lowest BCUT2D eigenvalue weighted by Gasteiger charge is -2.07. The van der Waals surface area contributed by atoms with Gasteiger partial charge in [-0.3, -0.25) is 0 Å². The first-order valence-corrected chi connectivity index (χ1v) is 8.08. The van der Waals surface area contributed by atoms with E-state index in [0.29, 0.717) is 4.47 Å². The van der Waals surface area contributed by atoms with Gasteiger partial charge in [0.25, 0.3) is 0 Å². The maximum atomic E-state index is 11.9. The van der Waals surface area contributed by atoms with Crippen molar-refractivity contribution in [3.05, 3.63) is 15.5 Å². The first kappa shape index (κ1) is 15.2. The molecule has 2 rings (SSSR count). The molecular weight excluding hydrogens is 303 g/mol.